The van der Waals surface area contributed by atoms with E-state index >= 15 is 0 Å². The Bertz CT molecular complexity index is 979. The number of nitrogens with one attached hydrogen (secondary N) is 2. The van der Waals surface area contributed by atoms with Crippen LogP contribution in [-0.2, 0) is 4.94 Å². The van der Waals surface area contributed by atoms with E-state index in [2.05, 4.69) is 101 Å². The Morgan fingerprint density at radius 3 is 2.49 bits per heavy atom. The minimum absolute atomic E-state index is 0.0626. The zero-order chi connectivity index (χ0) is 27.0. The summed E-state index contributed by atoms with van der Waals surface area (Å²) in [6.07, 6.45) is 12.5. The molecule has 0 aliphatic heterocycles. The second kappa shape index (κ2) is 17.1. The van der Waals surface area contributed by atoms with E-state index < -0.39 is 0 Å². The average molecular weight is 506 g/mol. The van der Waals surface area contributed by atoms with Crippen LogP contribution in [0, 0.1) is 25.7 Å². The Labute approximate surface area is 226 Å². The van der Waals surface area contributed by atoms with Crippen LogP contribution < -0.4 is 11.0 Å². The molecule has 0 saturated heterocycles. The van der Waals surface area contributed by atoms with Gasteiger partial charge in [0.25, 0.3) is 0 Å². The number of anilines is 1. The third kappa shape index (κ3) is 10.5. The average Bonchev–Trinajstić information content (AvgIpc) is 2.88. The molecule has 0 aliphatic carbocycles. The summed E-state index contributed by atoms with van der Waals surface area (Å²) >= 11 is 0. The van der Waals surface area contributed by atoms with Crippen molar-refractivity contribution in [1.82, 2.24) is 5.48 Å². The van der Waals surface area contributed by atoms with Gasteiger partial charge in [0.15, 0.2) is 0 Å². The van der Waals surface area contributed by atoms with Gasteiger partial charge in [0, 0.05) is 18.5 Å². The molecule has 2 N–H and O–H groups in total. The zero-order valence-electron chi connectivity index (χ0n) is 24.4. The lowest BCUT2D eigenvalue weighted by atomic mass is 9.84. The molecular formula is C33H51N3O. The number of aryl methyl sites for hydroxylation is 1. The van der Waals surface area contributed by atoms with Crippen molar-refractivity contribution < 1.29 is 4.94 Å². The normalized spacial score (nSPS) is 13.9. The molecule has 0 radical (unpaired) electrons. The smallest absolute Gasteiger partial charge is 0.0626 e. The van der Waals surface area contributed by atoms with E-state index in [1.54, 1.807) is 0 Å². The molecule has 2 rings (SSSR count). The summed E-state index contributed by atoms with van der Waals surface area (Å²) in [6.45, 7) is 16.3. The number of rotatable bonds is 17. The number of unbranched alkanes of at least 4 members (excludes halogenated alkanes) is 2. The zero-order valence-corrected chi connectivity index (χ0v) is 24.4. The van der Waals surface area contributed by atoms with Gasteiger partial charge in [-0.2, -0.15) is 10.4 Å². The van der Waals surface area contributed by atoms with Crippen molar-refractivity contribution in [2.75, 3.05) is 12.0 Å². The van der Waals surface area contributed by atoms with Crippen molar-refractivity contribution in [3.8, 4) is 0 Å². The van der Waals surface area contributed by atoms with Gasteiger partial charge < -0.3 is 0 Å². The summed E-state index contributed by atoms with van der Waals surface area (Å²) in [5.74, 6) is 1.44. The molecule has 0 aromatic heterocycles. The molecule has 2 atom stereocenters. The lowest BCUT2D eigenvalue weighted by molar-refractivity contribution is 0.0738. The molecule has 0 saturated carbocycles. The molecule has 0 heterocycles. The van der Waals surface area contributed by atoms with Crippen LogP contribution in [0.5, 0.6) is 0 Å². The van der Waals surface area contributed by atoms with Crippen LogP contribution in [0.1, 0.15) is 108 Å². The Morgan fingerprint density at radius 2 is 1.78 bits per heavy atom. The van der Waals surface area contributed by atoms with Gasteiger partial charge in [-0.25, -0.2) is 5.48 Å². The van der Waals surface area contributed by atoms with E-state index in [1.807, 2.05) is 13.1 Å². The maximum Gasteiger partial charge on any atom is 0.0626 e. The van der Waals surface area contributed by atoms with Crippen molar-refractivity contribution >= 4 is 11.9 Å². The molecule has 0 spiro atoms. The topological polar surface area (TPSA) is 45.7 Å². The molecule has 2 aromatic rings. The molecule has 0 bridgehead atoms. The predicted molar refractivity (Wildman–Crippen MR) is 161 cm³/mol. The summed E-state index contributed by atoms with van der Waals surface area (Å²) in [6, 6.07) is 15.1. The van der Waals surface area contributed by atoms with Gasteiger partial charge in [-0.15, -0.1) is 0 Å². The van der Waals surface area contributed by atoms with Crippen LogP contribution in [0.25, 0.3) is 0 Å². The third-order valence-electron chi connectivity index (χ3n) is 7.12. The lowest BCUT2D eigenvalue weighted by Gasteiger charge is -2.23. The van der Waals surface area contributed by atoms with Crippen molar-refractivity contribution in [3.05, 3.63) is 76.5 Å². The highest BCUT2D eigenvalue weighted by atomic mass is 16.8. The van der Waals surface area contributed by atoms with E-state index in [9.17, 15) is 0 Å². The molecule has 0 amide bonds. The number of hydrogen-bond acceptors (Lipinski definition) is 4. The summed E-state index contributed by atoms with van der Waals surface area (Å²) in [5, 5.41) is 0. The first-order valence-electron chi connectivity index (χ1n) is 14.4. The highest BCUT2D eigenvalue weighted by Crippen LogP contribution is 2.36. The highest BCUT2D eigenvalue weighted by Gasteiger charge is 2.21. The SMILES string of the molecule is CC=N/C(=C\CCCC)C(c1cccc(NONCC(CCC)CCC(C)C)c1)c1cccc(C)c1C. The second-order valence-corrected chi connectivity index (χ2v) is 10.7. The fraction of sp³-hybridized carbons (Fsp3) is 0.545. The van der Waals surface area contributed by atoms with Gasteiger partial charge >= 0.3 is 0 Å². The molecule has 2 aromatic carbocycles. The molecule has 204 valence electrons. The van der Waals surface area contributed by atoms with Crippen LogP contribution in [0.2, 0.25) is 0 Å². The summed E-state index contributed by atoms with van der Waals surface area (Å²) in [4.78, 5) is 10.6. The quantitative estimate of drug-likeness (QED) is 0.128. The van der Waals surface area contributed by atoms with Crippen molar-refractivity contribution in [1.29, 1.82) is 0 Å². The Morgan fingerprint density at radius 1 is 1.00 bits per heavy atom. The molecule has 0 aliphatic rings. The highest BCUT2D eigenvalue weighted by molar-refractivity contribution is 5.58. The van der Waals surface area contributed by atoms with Crippen LogP contribution in [0.15, 0.2) is 59.2 Å². The summed E-state index contributed by atoms with van der Waals surface area (Å²) in [7, 11) is 0. The minimum atomic E-state index is 0.0626. The minimum Gasteiger partial charge on any atom is -0.265 e. The van der Waals surface area contributed by atoms with Crippen molar-refractivity contribution in [3.63, 3.8) is 0 Å². The number of allylic oxidation sites excluding steroid dienone is 2. The largest absolute Gasteiger partial charge is 0.265 e. The van der Waals surface area contributed by atoms with Crippen LogP contribution >= 0.6 is 0 Å². The van der Waals surface area contributed by atoms with E-state index in [-0.39, 0.29) is 5.92 Å². The Kier molecular flexibility index (Phi) is 14.3. The molecule has 0 fully saturated rings. The standard InChI is InChI=1S/C33H51N3O/c1-8-11-12-20-32(34-10-3)33(31-19-13-16-26(6)27(31)7)29-17-14-18-30(23-29)36-37-35-24-28(15-9-2)22-21-25(4)5/h10,13-14,16-20,23,25,28,33,35-36H,8-9,11-12,15,21-22,24H2,1-7H3/b32-20-,34-10?. The van der Waals surface area contributed by atoms with Crippen LogP contribution in [-0.4, -0.2) is 12.8 Å². The third-order valence-corrected chi connectivity index (χ3v) is 7.12. The Balaban J connectivity index is 2.24. The van der Waals surface area contributed by atoms with E-state index in [4.69, 9.17) is 9.93 Å². The fourth-order valence-corrected chi connectivity index (χ4v) is 4.81. The van der Waals surface area contributed by atoms with Crippen molar-refractivity contribution in [2.45, 2.75) is 99.3 Å². The molecule has 37 heavy (non-hydrogen) atoms. The van der Waals surface area contributed by atoms with Gasteiger partial charge in [0.05, 0.1) is 11.6 Å². The predicted octanol–water partition coefficient (Wildman–Crippen LogP) is 9.30. The first kappa shape index (κ1) is 30.8. The molecule has 2 unspecified atom stereocenters. The van der Waals surface area contributed by atoms with E-state index in [1.165, 1.54) is 60.8 Å². The van der Waals surface area contributed by atoms with Gasteiger partial charge in [0.1, 0.15) is 0 Å². The van der Waals surface area contributed by atoms with Gasteiger partial charge in [0.2, 0.25) is 0 Å². The van der Waals surface area contributed by atoms with Crippen LogP contribution in [0.4, 0.5) is 5.69 Å². The van der Waals surface area contributed by atoms with Crippen molar-refractivity contribution in [2.24, 2.45) is 16.8 Å². The number of nitrogens with zero attached hydrogens (tertiary/aromatic N) is 1. The number of hydrogen-bond donors (Lipinski definition) is 2. The molecule has 4 heteroatoms. The number of benzene rings is 2. The van der Waals surface area contributed by atoms with Gasteiger partial charge in [-0.3, -0.25) is 4.99 Å². The first-order chi connectivity index (χ1) is 17.9. The maximum absolute atomic E-state index is 5.73. The van der Waals surface area contributed by atoms with E-state index in [0.717, 1.165) is 30.3 Å². The summed E-state index contributed by atoms with van der Waals surface area (Å²) < 4.78 is 0. The Hall–Kier alpha value is -2.43. The van der Waals surface area contributed by atoms with Crippen LogP contribution in [0.3, 0.4) is 0 Å². The first-order valence-corrected chi connectivity index (χ1v) is 14.4. The number of hydroxylamine groups is 1. The van der Waals surface area contributed by atoms with E-state index in [0.29, 0.717) is 5.92 Å². The monoisotopic (exact) mass is 505 g/mol. The fourth-order valence-electron chi connectivity index (χ4n) is 4.81. The second-order valence-electron chi connectivity index (χ2n) is 10.7. The summed E-state index contributed by atoms with van der Waals surface area (Å²) in [5.41, 5.74) is 13.5. The lowest BCUT2D eigenvalue weighted by Crippen LogP contribution is -2.26. The maximum atomic E-state index is 5.73. The molecule has 4 nitrogen and oxygen atoms in total. The number of aliphatic imine (C=N–C) groups is 1. The van der Waals surface area contributed by atoms with Gasteiger partial charge in [-0.1, -0.05) is 89.8 Å². The van der Waals surface area contributed by atoms with Gasteiger partial charge in [-0.05, 0) is 86.3 Å². The molecular weight excluding hydrogens is 454 g/mol.